The monoisotopic (exact) mass is 433 g/mol. The van der Waals surface area contributed by atoms with Crippen LogP contribution in [0.3, 0.4) is 0 Å². The van der Waals surface area contributed by atoms with Gasteiger partial charge in [-0.15, -0.1) is 0 Å². The number of carbonyl (C=O) groups is 1. The fraction of sp³-hybridized carbons (Fsp3) is 0.154. The maximum Gasteiger partial charge on any atom is 0.326 e. The van der Waals surface area contributed by atoms with Crippen LogP contribution in [0.4, 0.5) is 5.82 Å². The van der Waals surface area contributed by atoms with Gasteiger partial charge in [0.2, 0.25) is 5.91 Å². The third kappa shape index (κ3) is 2.56. The third-order valence-electron chi connectivity index (χ3n) is 7.04. The molecule has 1 atom stereocenters. The van der Waals surface area contributed by atoms with Gasteiger partial charge in [-0.05, 0) is 60.4 Å². The van der Waals surface area contributed by atoms with Gasteiger partial charge in [-0.1, -0.05) is 24.3 Å². The van der Waals surface area contributed by atoms with Crippen LogP contribution in [-0.4, -0.2) is 25.4 Å². The lowest BCUT2D eigenvalue weighted by Gasteiger charge is -2.20. The fourth-order valence-corrected chi connectivity index (χ4v) is 5.45. The van der Waals surface area contributed by atoms with Crippen LogP contribution < -0.4 is 11.0 Å². The molecule has 1 aliphatic heterocycles. The number of aromatic nitrogens is 4. The van der Waals surface area contributed by atoms with Crippen molar-refractivity contribution >= 4 is 33.7 Å². The van der Waals surface area contributed by atoms with E-state index in [-0.39, 0.29) is 11.6 Å². The molecule has 160 valence electrons. The van der Waals surface area contributed by atoms with Crippen molar-refractivity contribution in [2.75, 3.05) is 5.32 Å². The molecule has 4 heterocycles. The first-order valence-electron chi connectivity index (χ1n) is 11.0. The van der Waals surface area contributed by atoms with E-state index < -0.39 is 5.41 Å². The predicted molar refractivity (Wildman–Crippen MR) is 125 cm³/mol. The number of amides is 1. The second-order valence-electron chi connectivity index (χ2n) is 8.94. The van der Waals surface area contributed by atoms with E-state index in [1.54, 1.807) is 10.8 Å². The minimum atomic E-state index is -0.594. The van der Waals surface area contributed by atoms with Crippen molar-refractivity contribution in [1.82, 2.24) is 19.5 Å². The van der Waals surface area contributed by atoms with Gasteiger partial charge >= 0.3 is 5.69 Å². The number of carbonyl (C=O) groups excluding carboxylic acids is 1. The molecule has 1 amide bonds. The number of nitrogens with zero attached hydrogens (tertiary/aromatic N) is 3. The molecule has 1 unspecified atom stereocenters. The van der Waals surface area contributed by atoms with Gasteiger partial charge in [-0.2, -0.15) is 0 Å². The SMILES string of the molecule is O=C1Nc2ncccc2C12Cc1cc3ccc(Cn4c(=O)[nH]c5ccccc54)nc3cc1C2. The Balaban J connectivity index is 1.28. The molecule has 0 saturated carbocycles. The highest BCUT2D eigenvalue weighted by Gasteiger charge is 2.51. The number of imidazole rings is 1. The number of fused-ring (bicyclic) bond motifs is 5. The van der Waals surface area contributed by atoms with E-state index in [0.717, 1.165) is 38.8 Å². The molecule has 1 spiro atoms. The van der Waals surface area contributed by atoms with E-state index >= 15 is 0 Å². The largest absolute Gasteiger partial charge is 0.326 e. The van der Waals surface area contributed by atoms with Crippen LogP contribution in [0, 0.1) is 0 Å². The molecule has 1 aliphatic carbocycles. The zero-order chi connectivity index (χ0) is 22.2. The van der Waals surface area contributed by atoms with Crippen molar-refractivity contribution < 1.29 is 4.79 Å². The molecule has 3 aromatic heterocycles. The van der Waals surface area contributed by atoms with E-state index in [9.17, 15) is 9.59 Å². The van der Waals surface area contributed by atoms with E-state index in [1.165, 1.54) is 5.56 Å². The van der Waals surface area contributed by atoms with Crippen LogP contribution in [0.5, 0.6) is 0 Å². The summed E-state index contributed by atoms with van der Waals surface area (Å²) >= 11 is 0. The number of H-pyrrole nitrogens is 1. The van der Waals surface area contributed by atoms with E-state index in [2.05, 4.69) is 27.4 Å². The number of rotatable bonds is 2. The fourth-order valence-electron chi connectivity index (χ4n) is 5.45. The highest BCUT2D eigenvalue weighted by molar-refractivity contribution is 6.06. The summed E-state index contributed by atoms with van der Waals surface area (Å²) in [4.78, 5) is 37.6. The average molecular weight is 433 g/mol. The molecule has 33 heavy (non-hydrogen) atoms. The van der Waals surface area contributed by atoms with Crippen LogP contribution in [0.15, 0.2) is 71.7 Å². The van der Waals surface area contributed by atoms with Crippen LogP contribution in [0.25, 0.3) is 21.9 Å². The van der Waals surface area contributed by atoms with Crippen LogP contribution in [0.2, 0.25) is 0 Å². The van der Waals surface area contributed by atoms with Gasteiger partial charge in [0.1, 0.15) is 5.82 Å². The maximum absolute atomic E-state index is 13.0. The Labute approximate surface area is 188 Å². The number of hydrogen-bond donors (Lipinski definition) is 2. The summed E-state index contributed by atoms with van der Waals surface area (Å²) in [7, 11) is 0. The third-order valence-corrected chi connectivity index (χ3v) is 7.04. The van der Waals surface area contributed by atoms with Gasteiger partial charge in [-0.25, -0.2) is 9.78 Å². The minimum absolute atomic E-state index is 0.0174. The highest BCUT2D eigenvalue weighted by atomic mass is 16.2. The molecule has 7 rings (SSSR count). The zero-order valence-corrected chi connectivity index (χ0v) is 17.6. The second kappa shape index (κ2) is 6.38. The maximum atomic E-state index is 13.0. The Hall–Kier alpha value is -4.26. The summed E-state index contributed by atoms with van der Waals surface area (Å²) in [5, 5.41) is 3.99. The van der Waals surface area contributed by atoms with Crippen LogP contribution in [0.1, 0.15) is 22.4 Å². The molecule has 0 bridgehead atoms. The van der Waals surface area contributed by atoms with Gasteiger partial charge in [-0.3, -0.25) is 14.3 Å². The van der Waals surface area contributed by atoms with Gasteiger partial charge in [0, 0.05) is 17.1 Å². The minimum Gasteiger partial charge on any atom is -0.310 e. The Morgan fingerprint density at radius 2 is 1.82 bits per heavy atom. The summed E-state index contributed by atoms with van der Waals surface area (Å²) in [6.07, 6.45) is 3.00. The summed E-state index contributed by atoms with van der Waals surface area (Å²) < 4.78 is 1.71. The second-order valence-corrected chi connectivity index (χ2v) is 8.94. The number of pyridine rings is 2. The number of nitrogens with one attached hydrogen (secondary N) is 2. The number of anilines is 1. The van der Waals surface area contributed by atoms with Crippen molar-refractivity contribution in [3.05, 3.63) is 99.7 Å². The van der Waals surface area contributed by atoms with E-state index in [0.29, 0.717) is 25.2 Å². The van der Waals surface area contributed by atoms with Gasteiger partial charge < -0.3 is 10.3 Å². The van der Waals surface area contributed by atoms with Crippen molar-refractivity contribution in [2.45, 2.75) is 24.8 Å². The molecular formula is C26H19N5O2. The average Bonchev–Trinajstić information content (AvgIpc) is 3.44. The predicted octanol–water partition coefficient (Wildman–Crippen LogP) is 3.31. The number of benzene rings is 2. The van der Waals surface area contributed by atoms with Crippen molar-refractivity contribution in [3.63, 3.8) is 0 Å². The van der Waals surface area contributed by atoms with Gasteiger partial charge in [0.15, 0.2) is 0 Å². The van der Waals surface area contributed by atoms with Crippen LogP contribution in [-0.2, 0) is 29.6 Å². The summed E-state index contributed by atoms with van der Waals surface area (Å²) in [6, 6.07) is 19.8. The lowest BCUT2D eigenvalue weighted by atomic mass is 9.79. The quantitative estimate of drug-likeness (QED) is 0.447. The molecule has 7 heteroatoms. The molecule has 0 fully saturated rings. The van der Waals surface area contributed by atoms with Crippen molar-refractivity contribution in [2.24, 2.45) is 0 Å². The number of aromatic amines is 1. The highest BCUT2D eigenvalue weighted by Crippen LogP contribution is 2.47. The Morgan fingerprint density at radius 1 is 0.970 bits per heavy atom. The Bertz CT molecular complexity index is 1680. The first-order chi connectivity index (χ1) is 16.1. The van der Waals surface area contributed by atoms with Gasteiger partial charge in [0.05, 0.1) is 34.2 Å². The van der Waals surface area contributed by atoms with E-state index in [4.69, 9.17) is 4.98 Å². The lowest BCUT2D eigenvalue weighted by molar-refractivity contribution is -0.120. The molecule has 2 N–H and O–H groups in total. The molecule has 0 saturated heterocycles. The summed E-state index contributed by atoms with van der Waals surface area (Å²) in [6.45, 7) is 0.390. The number of hydrogen-bond acceptors (Lipinski definition) is 4. The van der Waals surface area contributed by atoms with Crippen molar-refractivity contribution in [3.8, 4) is 0 Å². The molecule has 2 aromatic carbocycles. The standard InChI is InChI=1S/C26H19N5O2/c32-24-26(19-4-3-9-27-23(19)30-24)12-16-10-15-7-8-18(28-21(15)11-17(16)13-26)14-31-22-6-2-1-5-20(22)29-25(31)33/h1-11H,12-14H2,(H,29,33)(H,27,30,32). The molecular weight excluding hydrogens is 414 g/mol. The Morgan fingerprint density at radius 3 is 2.73 bits per heavy atom. The first-order valence-corrected chi connectivity index (χ1v) is 11.0. The number of para-hydroxylation sites is 2. The normalized spacial score (nSPS) is 18.7. The summed E-state index contributed by atoms with van der Waals surface area (Å²) in [5.74, 6) is 0.688. The van der Waals surface area contributed by atoms with E-state index in [1.807, 2.05) is 48.5 Å². The molecule has 2 aliphatic rings. The smallest absolute Gasteiger partial charge is 0.310 e. The summed E-state index contributed by atoms with van der Waals surface area (Å²) in [5.41, 5.74) is 5.92. The Kier molecular flexibility index (Phi) is 3.55. The molecule has 5 aromatic rings. The molecule has 7 nitrogen and oxygen atoms in total. The zero-order valence-electron chi connectivity index (χ0n) is 17.6. The topological polar surface area (TPSA) is 92.7 Å². The van der Waals surface area contributed by atoms with Crippen LogP contribution >= 0.6 is 0 Å². The first kappa shape index (κ1) is 18.3. The molecule has 0 radical (unpaired) electrons. The van der Waals surface area contributed by atoms with Gasteiger partial charge in [0.25, 0.3) is 0 Å². The lowest BCUT2D eigenvalue weighted by Crippen LogP contribution is -2.35. The van der Waals surface area contributed by atoms with Crippen molar-refractivity contribution in [1.29, 1.82) is 0 Å².